The number of nitrogens with zero attached hydrogens (tertiary/aromatic N) is 3. The van der Waals surface area contributed by atoms with Crippen LogP contribution in [-0.2, 0) is 21.4 Å². The van der Waals surface area contributed by atoms with Crippen molar-refractivity contribution in [3.63, 3.8) is 0 Å². The lowest BCUT2D eigenvalue weighted by molar-refractivity contribution is -0.131. The van der Waals surface area contributed by atoms with E-state index >= 15 is 0 Å². The van der Waals surface area contributed by atoms with Gasteiger partial charge in [0.25, 0.3) is 10.0 Å². The molecule has 190 valence electrons. The van der Waals surface area contributed by atoms with Crippen molar-refractivity contribution < 1.29 is 22.3 Å². The summed E-state index contributed by atoms with van der Waals surface area (Å²) in [5.41, 5.74) is 1.54. The second-order valence-electron chi connectivity index (χ2n) is 8.54. The van der Waals surface area contributed by atoms with E-state index in [-0.39, 0.29) is 17.3 Å². The van der Waals surface area contributed by atoms with Crippen molar-refractivity contribution in [2.75, 3.05) is 43.6 Å². The number of benzene rings is 3. The Balaban J connectivity index is 1.50. The first kappa shape index (κ1) is 25.7. The molecule has 1 amide bonds. The van der Waals surface area contributed by atoms with Crippen molar-refractivity contribution in [3.8, 4) is 5.75 Å². The van der Waals surface area contributed by atoms with Gasteiger partial charge in [0.1, 0.15) is 18.1 Å². The summed E-state index contributed by atoms with van der Waals surface area (Å²) < 4.78 is 47.0. The number of halogens is 1. The Morgan fingerprint density at radius 2 is 1.56 bits per heavy atom. The lowest BCUT2D eigenvalue weighted by atomic mass is 10.2. The zero-order valence-corrected chi connectivity index (χ0v) is 21.0. The lowest BCUT2D eigenvalue weighted by Gasteiger charge is -2.36. The molecule has 9 heteroatoms. The van der Waals surface area contributed by atoms with E-state index in [1.54, 1.807) is 29.2 Å². The number of piperazine rings is 1. The normalized spacial score (nSPS) is 14.4. The third-order valence-electron chi connectivity index (χ3n) is 6.09. The van der Waals surface area contributed by atoms with Gasteiger partial charge in [-0.25, -0.2) is 12.8 Å². The molecule has 1 fully saturated rings. The Labute approximate surface area is 211 Å². The number of hydrogen-bond acceptors (Lipinski definition) is 5. The monoisotopic (exact) mass is 511 g/mol. The van der Waals surface area contributed by atoms with Crippen LogP contribution in [0.25, 0.3) is 0 Å². The molecule has 0 saturated carbocycles. The second-order valence-corrected chi connectivity index (χ2v) is 10.4. The van der Waals surface area contributed by atoms with E-state index in [9.17, 15) is 17.6 Å². The molecule has 4 rings (SSSR count). The summed E-state index contributed by atoms with van der Waals surface area (Å²) in [6, 6.07) is 21.3. The van der Waals surface area contributed by atoms with Crippen molar-refractivity contribution in [3.05, 3.63) is 90.2 Å². The van der Waals surface area contributed by atoms with Crippen LogP contribution in [0.4, 0.5) is 10.1 Å². The van der Waals surface area contributed by atoms with E-state index in [0.717, 1.165) is 23.0 Å². The van der Waals surface area contributed by atoms with Crippen LogP contribution in [-0.4, -0.2) is 63.5 Å². The van der Waals surface area contributed by atoms with Gasteiger partial charge in [-0.05, 0) is 61.0 Å². The van der Waals surface area contributed by atoms with Crippen molar-refractivity contribution in [1.82, 2.24) is 9.80 Å². The molecule has 1 saturated heterocycles. The highest BCUT2D eigenvalue weighted by atomic mass is 32.2. The van der Waals surface area contributed by atoms with E-state index in [1.807, 2.05) is 25.1 Å². The van der Waals surface area contributed by atoms with Gasteiger partial charge < -0.3 is 9.64 Å². The lowest BCUT2D eigenvalue weighted by Crippen LogP contribution is -2.51. The summed E-state index contributed by atoms with van der Waals surface area (Å²) in [7, 11) is -4.11. The predicted molar refractivity (Wildman–Crippen MR) is 137 cm³/mol. The fourth-order valence-corrected chi connectivity index (χ4v) is 5.56. The summed E-state index contributed by atoms with van der Waals surface area (Å²) >= 11 is 0. The number of sulfonamides is 1. The molecule has 3 aromatic rings. The molecule has 3 aromatic carbocycles. The highest BCUT2D eigenvalue weighted by Crippen LogP contribution is 2.26. The molecule has 0 spiro atoms. The standard InChI is InChI=1S/C27H30FN3O4S/c1-2-35-25-12-10-24(11-13-25)31(36(33,34)26-14-8-23(28)9-15-26)21-27(32)30-18-16-29(17-19-30)20-22-6-4-3-5-7-22/h3-15H,2,16-21H2,1H3. The zero-order chi connectivity index (χ0) is 25.5. The highest BCUT2D eigenvalue weighted by Gasteiger charge is 2.30. The minimum atomic E-state index is -4.11. The third kappa shape index (κ3) is 6.22. The molecule has 0 atom stereocenters. The highest BCUT2D eigenvalue weighted by molar-refractivity contribution is 7.92. The van der Waals surface area contributed by atoms with E-state index in [1.165, 1.54) is 17.7 Å². The number of rotatable bonds is 9. The minimum absolute atomic E-state index is 0.0849. The van der Waals surface area contributed by atoms with Gasteiger partial charge in [-0.15, -0.1) is 0 Å². The van der Waals surface area contributed by atoms with Crippen molar-refractivity contribution in [2.24, 2.45) is 0 Å². The largest absolute Gasteiger partial charge is 0.494 e. The molecule has 0 N–H and O–H groups in total. The van der Waals surface area contributed by atoms with Gasteiger partial charge in [0, 0.05) is 32.7 Å². The maximum absolute atomic E-state index is 13.5. The molecule has 7 nitrogen and oxygen atoms in total. The maximum Gasteiger partial charge on any atom is 0.264 e. The Morgan fingerprint density at radius 1 is 0.917 bits per heavy atom. The Morgan fingerprint density at radius 3 is 2.17 bits per heavy atom. The Bertz CT molecular complexity index is 1240. The number of carbonyl (C=O) groups excluding carboxylic acids is 1. The van der Waals surface area contributed by atoms with Crippen molar-refractivity contribution in [2.45, 2.75) is 18.4 Å². The van der Waals surface area contributed by atoms with Crippen LogP contribution in [0.5, 0.6) is 5.75 Å². The summed E-state index contributed by atoms with van der Waals surface area (Å²) in [4.78, 5) is 17.2. The minimum Gasteiger partial charge on any atom is -0.494 e. The number of amides is 1. The van der Waals surface area contributed by atoms with Gasteiger partial charge in [0.15, 0.2) is 0 Å². The van der Waals surface area contributed by atoms with Crippen LogP contribution >= 0.6 is 0 Å². The second kappa shape index (κ2) is 11.5. The summed E-state index contributed by atoms with van der Waals surface area (Å²) in [5, 5.41) is 0. The van der Waals surface area contributed by atoms with Crippen LogP contribution in [0, 0.1) is 5.82 Å². The number of hydrogen-bond donors (Lipinski definition) is 0. The number of anilines is 1. The fourth-order valence-electron chi connectivity index (χ4n) is 4.14. The number of carbonyl (C=O) groups is 1. The van der Waals surface area contributed by atoms with Crippen LogP contribution in [0.3, 0.4) is 0 Å². The van der Waals surface area contributed by atoms with Gasteiger partial charge in [0.05, 0.1) is 17.2 Å². The van der Waals surface area contributed by atoms with Crippen LogP contribution in [0.2, 0.25) is 0 Å². The first-order valence-electron chi connectivity index (χ1n) is 11.9. The summed E-state index contributed by atoms with van der Waals surface area (Å²) in [6.07, 6.45) is 0. The first-order chi connectivity index (χ1) is 17.4. The molecular formula is C27H30FN3O4S. The van der Waals surface area contributed by atoms with Crippen LogP contribution in [0.1, 0.15) is 12.5 Å². The number of ether oxygens (including phenoxy) is 1. The SMILES string of the molecule is CCOc1ccc(N(CC(=O)N2CCN(Cc3ccccc3)CC2)S(=O)(=O)c2ccc(F)cc2)cc1. The van der Waals surface area contributed by atoms with Crippen LogP contribution < -0.4 is 9.04 Å². The molecule has 0 aromatic heterocycles. The molecule has 1 heterocycles. The fraction of sp³-hybridized carbons (Fsp3) is 0.296. The molecule has 0 unspecified atom stereocenters. The van der Waals surface area contributed by atoms with Gasteiger partial charge >= 0.3 is 0 Å². The summed E-state index contributed by atoms with van der Waals surface area (Å²) in [5.74, 6) is -0.221. The maximum atomic E-state index is 13.5. The average Bonchev–Trinajstić information content (AvgIpc) is 2.89. The van der Waals surface area contributed by atoms with Gasteiger partial charge in [-0.2, -0.15) is 0 Å². The van der Waals surface area contributed by atoms with E-state index in [2.05, 4.69) is 17.0 Å². The van der Waals surface area contributed by atoms with E-state index < -0.39 is 15.8 Å². The first-order valence-corrected chi connectivity index (χ1v) is 13.4. The quantitative estimate of drug-likeness (QED) is 0.438. The molecule has 0 bridgehead atoms. The molecule has 0 aliphatic carbocycles. The van der Waals surface area contributed by atoms with Crippen LogP contribution in [0.15, 0.2) is 83.8 Å². The van der Waals surface area contributed by atoms with E-state index in [4.69, 9.17) is 4.74 Å². The van der Waals surface area contributed by atoms with Gasteiger partial charge in [-0.3, -0.25) is 14.0 Å². The third-order valence-corrected chi connectivity index (χ3v) is 7.88. The zero-order valence-electron chi connectivity index (χ0n) is 20.2. The topological polar surface area (TPSA) is 70.2 Å². The summed E-state index contributed by atoms with van der Waals surface area (Å²) in [6.45, 7) is 5.22. The van der Waals surface area contributed by atoms with Gasteiger partial charge in [-0.1, -0.05) is 30.3 Å². The van der Waals surface area contributed by atoms with Gasteiger partial charge in [0.2, 0.25) is 5.91 Å². The van der Waals surface area contributed by atoms with E-state index in [0.29, 0.717) is 44.2 Å². The molecule has 0 radical (unpaired) electrons. The molecule has 1 aliphatic rings. The average molecular weight is 512 g/mol. The smallest absolute Gasteiger partial charge is 0.264 e. The Kier molecular flexibility index (Phi) is 8.22. The molecule has 1 aliphatic heterocycles. The Hall–Kier alpha value is -3.43. The molecular weight excluding hydrogens is 481 g/mol. The van der Waals surface area contributed by atoms with Crippen molar-refractivity contribution >= 4 is 21.6 Å². The van der Waals surface area contributed by atoms with Crippen molar-refractivity contribution in [1.29, 1.82) is 0 Å². The molecule has 36 heavy (non-hydrogen) atoms. The predicted octanol–water partition coefficient (Wildman–Crippen LogP) is 3.76.